The van der Waals surface area contributed by atoms with Gasteiger partial charge in [-0.15, -0.1) is 0 Å². The number of likely N-dealkylation sites (tertiary alicyclic amines) is 1. The minimum atomic E-state index is -5.06. The standard InChI is InChI=1S/C32H36ClF5N4O8S/c1-17(2)25(26(43)32(37,38)30(47)39-16-31(34,35)36)41-28(45)24-13-23(51(48,49)15-19-8-10-22(50-4)11-9-19)14-42(24)29(46)18(3)40-27(44)20-6-5-7-21(33)12-20/h5-12,17-18,23-25H,13-16H2,1-4H3,(H,39,47)(H,40,44)(H,41,45)/t18-,23+,24-,25?/m0/s1. The molecule has 3 rings (SSSR count). The summed E-state index contributed by atoms with van der Waals surface area (Å²) in [6, 6.07) is 6.57. The van der Waals surface area contributed by atoms with Gasteiger partial charge in [0.1, 0.15) is 24.4 Å². The lowest BCUT2D eigenvalue weighted by Gasteiger charge is -2.30. The maximum Gasteiger partial charge on any atom is 0.405 e. The van der Waals surface area contributed by atoms with Crippen LogP contribution in [0.5, 0.6) is 5.75 Å². The van der Waals surface area contributed by atoms with Crippen molar-refractivity contribution in [1.29, 1.82) is 0 Å². The van der Waals surface area contributed by atoms with E-state index in [9.17, 15) is 54.3 Å². The Balaban J connectivity index is 1.90. The van der Waals surface area contributed by atoms with E-state index >= 15 is 0 Å². The number of ether oxygens (including phenoxy) is 1. The number of nitrogens with one attached hydrogen (secondary N) is 3. The van der Waals surface area contributed by atoms with Gasteiger partial charge in [-0.25, -0.2) is 8.42 Å². The van der Waals surface area contributed by atoms with Crippen LogP contribution >= 0.6 is 11.6 Å². The van der Waals surface area contributed by atoms with Gasteiger partial charge in [-0.2, -0.15) is 22.0 Å². The zero-order valence-corrected chi connectivity index (χ0v) is 29.3. The molecule has 0 spiro atoms. The third kappa shape index (κ3) is 10.6. The molecule has 4 amide bonds. The van der Waals surface area contributed by atoms with E-state index in [1.54, 1.807) is 0 Å². The molecule has 19 heteroatoms. The highest BCUT2D eigenvalue weighted by atomic mass is 35.5. The number of Topliss-reactive ketones (excluding diaryl/α,β-unsaturated/α-hetero) is 1. The van der Waals surface area contributed by atoms with E-state index in [4.69, 9.17) is 16.3 Å². The zero-order valence-electron chi connectivity index (χ0n) is 27.7. The lowest BCUT2D eigenvalue weighted by atomic mass is 9.94. The zero-order chi connectivity index (χ0) is 38.5. The first-order chi connectivity index (χ1) is 23.6. The fourth-order valence-corrected chi connectivity index (χ4v) is 7.17. The number of methoxy groups -OCH3 is 1. The molecule has 3 N–H and O–H groups in total. The predicted molar refractivity (Wildman–Crippen MR) is 174 cm³/mol. The monoisotopic (exact) mass is 766 g/mol. The van der Waals surface area contributed by atoms with Crippen molar-refractivity contribution in [1.82, 2.24) is 20.9 Å². The van der Waals surface area contributed by atoms with Crippen LogP contribution in [-0.4, -0.2) is 98.4 Å². The average Bonchev–Trinajstić information content (AvgIpc) is 3.52. The second-order valence-electron chi connectivity index (χ2n) is 12.2. The van der Waals surface area contributed by atoms with Crippen LogP contribution in [0.25, 0.3) is 0 Å². The summed E-state index contributed by atoms with van der Waals surface area (Å²) in [5.41, 5.74) is 0.427. The van der Waals surface area contributed by atoms with Gasteiger partial charge in [0, 0.05) is 17.1 Å². The molecule has 0 saturated carbocycles. The van der Waals surface area contributed by atoms with E-state index in [0.717, 1.165) is 10.2 Å². The molecule has 1 aliphatic rings. The normalized spacial score (nSPS) is 17.7. The van der Waals surface area contributed by atoms with Gasteiger partial charge in [-0.05, 0) is 55.2 Å². The fourth-order valence-electron chi connectivity index (χ4n) is 5.22. The lowest BCUT2D eigenvalue weighted by molar-refractivity contribution is -0.165. The minimum Gasteiger partial charge on any atom is -0.497 e. The van der Waals surface area contributed by atoms with Gasteiger partial charge in [-0.1, -0.05) is 43.6 Å². The molecule has 12 nitrogen and oxygen atoms in total. The molecule has 51 heavy (non-hydrogen) atoms. The van der Waals surface area contributed by atoms with Gasteiger partial charge >= 0.3 is 12.1 Å². The summed E-state index contributed by atoms with van der Waals surface area (Å²) in [7, 11) is -2.71. The number of amides is 4. The molecular formula is C32H36ClF5N4O8S. The van der Waals surface area contributed by atoms with Crippen molar-refractivity contribution in [2.45, 2.75) is 68.4 Å². The molecule has 280 valence electrons. The Labute approximate surface area is 295 Å². The van der Waals surface area contributed by atoms with E-state index in [1.807, 2.05) is 5.32 Å². The first-order valence-electron chi connectivity index (χ1n) is 15.4. The fraction of sp³-hybridized carbons (Fsp3) is 0.469. The van der Waals surface area contributed by atoms with E-state index in [1.165, 1.54) is 76.4 Å². The summed E-state index contributed by atoms with van der Waals surface area (Å²) >= 11 is 5.94. The Bertz CT molecular complexity index is 1740. The van der Waals surface area contributed by atoms with Crippen molar-refractivity contribution in [2.24, 2.45) is 5.92 Å². The van der Waals surface area contributed by atoms with Crippen molar-refractivity contribution >= 4 is 50.9 Å². The summed E-state index contributed by atoms with van der Waals surface area (Å²) in [5.74, 6) is -13.9. The quantitative estimate of drug-likeness (QED) is 0.195. The maximum absolute atomic E-state index is 14.8. The van der Waals surface area contributed by atoms with Crippen LogP contribution in [0.4, 0.5) is 22.0 Å². The molecule has 0 aliphatic carbocycles. The van der Waals surface area contributed by atoms with Crippen LogP contribution in [0, 0.1) is 5.92 Å². The van der Waals surface area contributed by atoms with Gasteiger partial charge in [0.05, 0.1) is 24.2 Å². The van der Waals surface area contributed by atoms with Crippen LogP contribution in [0.1, 0.15) is 43.1 Å². The predicted octanol–water partition coefficient (Wildman–Crippen LogP) is 3.08. The van der Waals surface area contributed by atoms with Gasteiger partial charge in [-0.3, -0.25) is 24.0 Å². The highest BCUT2D eigenvalue weighted by molar-refractivity contribution is 7.91. The minimum absolute atomic E-state index is 0.0799. The molecule has 1 unspecified atom stereocenters. The topological polar surface area (TPSA) is 168 Å². The Morgan fingerprint density at radius 2 is 1.61 bits per heavy atom. The summed E-state index contributed by atoms with van der Waals surface area (Å²) in [6.07, 6.45) is -5.61. The number of sulfone groups is 1. The molecule has 1 fully saturated rings. The second kappa shape index (κ2) is 16.4. The first-order valence-corrected chi connectivity index (χ1v) is 17.5. The van der Waals surface area contributed by atoms with Gasteiger partial charge in [0.15, 0.2) is 9.84 Å². The molecule has 0 bridgehead atoms. The number of carbonyl (C=O) groups excluding carboxylic acids is 5. The Morgan fingerprint density at radius 1 is 0.980 bits per heavy atom. The number of nitrogens with zero attached hydrogens (tertiary/aromatic N) is 1. The van der Waals surface area contributed by atoms with Gasteiger partial charge in [0.25, 0.3) is 11.8 Å². The van der Waals surface area contributed by atoms with E-state index in [2.05, 4.69) is 5.32 Å². The molecule has 4 atom stereocenters. The maximum atomic E-state index is 14.8. The van der Waals surface area contributed by atoms with Crippen LogP contribution < -0.4 is 20.7 Å². The highest BCUT2D eigenvalue weighted by Crippen LogP contribution is 2.29. The molecule has 1 saturated heterocycles. The third-order valence-corrected chi connectivity index (χ3v) is 10.3. The number of benzene rings is 2. The largest absolute Gasteiger partial charge is 0.497 e. The Kier molecular flexibility index (Phi) is 13.2. The molecular weight excluding hydrogens is 731 g/mol. The van der Waals surface area contributed by atoms with E-state index < -0.39 is 106 Å². The summed E-state index contributed by atoms with van der Waals surface area (Å²) in [5, 5.41) is 4.27. The van der Waals surface area contributed by atoms with Crippen molar-refractivity contribution in [2.75, 3.05) is 20.2 Å². The summed E-state index contributed by atoms with van der Waals surface area (Å²) in [6.45, 7) is 0.965. The summed E-state index contributed by atoms with van der Waals surface area (Å²) in [4.78, 5) is 65.8. The molecule has 2 aromatic rings. The number of halogens is 6. The third-order valence-electron chi connectivity index (χ3n) is 7.98. The van der Waals surface area contributed by atoms with Gasteiger partial charge in [0.2, 0.25) is 17.6 Å². The van der Waals surface area contributed by atoms with E-state index in [0.29, 0.717) is 11.3 Å². The van der Waals surface area contributed by atoms with Crippen molar-refractivity contribution < 1.29 is 59.1 Å². The van der Waals surface area contributed by atoms with Crippen LogP contribution in [0.15, 0.2) is 48.5 Å². The molecule has 0 radical (unpaired) electrons. The number of hydrogen-bond donors (Lipinski definition) is 3. The number of alkyl halides is 5. The smallest absolute Gasteiger partial charge is 0.405 e. The van der Waals surface area contributed by atoms with Crippen molar-refractivity contribution in [3.63, 3.8) is 0 Å². The van der Waals surface area contributed by atoms with Crippen LogP contribution in [0.3, 0.4) is 0 Å². The molecule has 1 aliphatic heterocycles. The van der Waals surface area contributed by atoms with Crippen molar-refractivity contribution in [3.8, 4) is 5.75 Å². The molecule has 0 aromatic heterocycles. The molecule has 1 heterocycles. The van der Waals surface area contributed by atoms with Gasteiger partial charge < -0.3 is 25.6 Å². The molecule has 2 aromatic carbocycles. The highest BCUT2D eigenvalue weighted by Gasteiger charge is 2.53. The number of rotatable bonds is 14. The lowest BCUT2D eigenvalue weighted by Crippen LogP contribution is -2.59. The number of ketones is 1. The average molecular weight is 767 g/mol. The second-order valence-corrected chi connectivity index (χ2v) is 14.9. The Hall–Kier alpha value is -4.32. The van der Waals surface area contributed by atoms with Crippen molar-refractivity contribution in [3.05, 3.63) is 64.7 Å². The number of hydrogen-bond acceptors (Lipinski definition) is 8. The van der Waals surface area contributed by atoms with Crippen LogP contribution in [0.2, 0.25) is 5.02 Å². The SMILES string of the molecule is COc1ccc(CS(=O)(=O)[C@@H]2C[C@@H](C(=O)NC(C(=O)C(F)(F)C(=O)NCC(F)(F)F)C(C)C)N(C(=O)[C@H](C)NC(=O)c3cccc(Cl)c3)C2)cc1. The van der Waals surface area contributed by atoms with Crippen LogP contribution in [-0.2, 0) is 34.8 Å². The Morgan fingerprint density at radius 3 is 2.16 bits per heavy atom. The summed E-state index contributed by atoms with van der Waals surface area (Å²) < 4.78 is 99.4. The van der Waals surface area contributed by atoms with E-state index in [-0.39, 0.29) is 10.6 Å². The number of carbonyl (C=O) groups is 5. The first kappa shape index (κ1) is 41.1.